The second-order valence-electron chi connectivity index (χ2n) is 7.33. The highest BCUT2D eigenvalue weighted by atomic mass is 16.6. The third-order valence-corrected chi connectivity index (χ3v) is 5.05. The van der Waals surface area contributed by atoms with E-state index in [1.807, 2.05) is 13.0 Å². The first-order valence-corrected chi connectivity index (χ1v) is 9.76. The first-order valence-electron chi connectivity index (χ1n) is 9.76. The van der Waals surface area contributed by atoms with Gasteiger partial charge in [0, 0.05) is 18.9 Å². The summed E-state index contributed by atoms with van der Waals surface area (Å²) < 4.78 is 15.9. The average Bonchev–Trinajstić information content (AvgIpc) is 2.96. The van der Waals surface area contributed by atoms with Crippen LogP contribution < -0.4 is 0 Å². The Labute approximate surface area is 175 Å². The molecule has 0 spiro atoms. The van der Waals surface area contributed by atoms with Gasteiger partial charge in [0.05, 0.1) is 24.7 Å². The zero-order chi connectivity index (χ0) is 22.3. The Bertz CT molecular complexity index is 789. The van der Waals surface area contributed by atoms with Gasteiger partial charge in [0.15, 0.2) is 0 Å². The Morgan fingerprint density at radius 2 is 2.10 bits per heavy atom. The summed E-state index contributed by atoms with van der Waals surface area (Å²) in [6.07, 6.45) is 5.16. The normalized spacial score (nSPS) is 28.4. The Kier molecular flexibility index (Phi) is 8.56. The van der Waals surface area contributed by atoms with E-state index in [-0.39, 0.29) is 24.4 Å². The van der Waals surface area contributed by atoms with E-state index in [0.29, 0.717) is 19.3 Å². The Morgan fingerprint density at radius 1 is 1.37 bits per heavy atom. The minimum atomic E-state index is -0.781. The van der Waals surface area contributed by atoms with Gasteiger partial charge in [-0.2, -0.15) is 0 Å². The Balaban J connectivity index is 2.31. The van der Waals surface area contributed by atoms with Crippen LogP contribution in [0.5, 0.6) is 0 Å². The third-order valence-electron chi connectivity index (χ3n) is 5.05. The van der Waals surface area contributed by atoms with Crippen LogP contribution in [-0.4, -0.2) is 60.1 Å². The van der Waals surface area contributed by atoms with Gasteiger partial charge in [-0.1, -0.05) is 18.2 Å². The molecule has 30 heavy (non-hydrogen) atoms. The van der Waals surface area contributed by atoms with Crippen LogP contribution in [0.2, 0.25) is 0 Å². The van der Waals surface area contributed by atoms with Crippen LogP contribution in [0.25, 0.3) is 0 Å². The van der Waals surface area contributed by atoms with Gasteiger partial charge >= 0.3 is 17.9 Å². The molecule has 8 nitrogen and oxygen atoms in total. The summed E-state index contributed by atoms with van der Waals surface area (Å²) in [5.74, 6) is -2.50. The maximum atomic E-state index is 12.7. The topological polar surface area (TPSA) is 119 Å². The smallest absolute Gasteiger partial charge is 0.336 e. The van der Waals surface area contributed by atoms with Crippen molar-refractivity contribution in [3.05, 3.63) is 47.1 Å². The van der Waals surface area contributed by atoms with E-state index < -0.39 is 42.6 Å². The number of ether oxygens (including phenoxy) is 3. The van der Waals surface area contributed by atoms with Crippen molar-refractivity contribution >= 4 is 17.9 Å². The zero-order valence-corrected chi connectivity index (χ0v) is 17.3. The number of esters is 3. The summed E-state index contributed by atoms with van der Waals surface area (Å²) in [7, 11) is 0. The first-order chi connectivity index (χ1) is 14.3. The molecule has 1 saturated heterocycles. The molecule has 0 aromatic heterocycles. The van der Waals surface area contributed by atoms with E-state index in [4.69, 9.17) is 14.2 Å². The van der Waals surface area contributed by atoms with Gasteiger partial charge in [0.2, 0.25) is 0 Å². The number of aliphatic hydroxyl groups is 2. The van der Waals surface area contributed by atoms with Gasteiger partial charge in [0.25, 0.3) is 0 Å². The molecule has 0 bridgehead atoms. The van der Waals surface area contributed by atoms with Crippen LogP contribution in [0.4, 0.5) is 0 Å². The highest BCUT2D eigenvalue weighted by molar-refractivity contribution is 5.92. The molecule has 1 heterocycles. The summed E-state index contributed by atoms with van der Waals surface area (Å²) in [5, 5.41) is 19.1. The fourth-order valence-electron chi connectivity index (χ4n) is 3.46. The molecule has 8 heteroatoms. The fraction of sp³-hybridized carbons (Fsp3) is 0.500. The average molecular weight is 420 g/mol. The molecule has 0 aromatic carbocycles. The predicted octanol–water partition coefficient (Wildman–Crippen LogP) is 1.53. The molecule has 1 aliphatic heterocycles. The predicted molar refractivity (Wildman–Crippen MR) is 107 cm³/mol. The van der Waals surface area contributed by atoms with Gasteiger partial charge < -0.3 is 24.4 Å². The van der Waals surface area contributed by atoms with E-state index in [2.05, 4.69) is 6.58 Å². The molecule has 0 amide bonds. The summed E-state index contributed by atoms with van der Waals surface area (Å²) in [6.45, 7) is 6.00. The maximum absolute atomic E-state index is 12.7. The summed E-state index contributed by atoms with van der Waals surface area (Å²) in [5.41, 5.74) is 1.80. The summed E-state index contributed by atoms with van der Waals surface area (Å²) in [4.78, 5) is 35.7. The van der Waals surface area contributed by atoms with E-state index >= 15 is 0 Å². The van der Waals surface area contributed by atoms with Crippen molar-refractivity contribution in [3.8, 4) is 0 Å². The largest absolute Gasteiger partial charge is 0.462 e. The first kappa shape index (κ1) is 23.6. The van der Waals surface area contributed by atoms with E-state index in [1.54, 1.807) is 6.08 Å². The van der Waals surface area contributed by atoms with Crippen molar-refractivity contribution in [3.63, 3.8) is 0 Å². The number of carbonyl (C=O) groups is 3. The molecule has 2 N–H and O–H groups in total. The van der Waals surface area contributed by atoms with Crippen LogP contribution in [-0.2, 0) is 28.6 Å². The van der Waals surface area contributed by atoms with Crippen molar-refractivity contribution in [2.75, 3.05) is 19.8 Å². The van der Waals surface area contributed by atoms with Crippen LogP contribution in [0.1, 0.15) is 33.1 Å². The van der Waals surface area contributed by atoms with Crippen LogP contribution >= 0.6 is 0 Å². The van der Waals surface area contributed by atoms with Crippen LogP contribution in [0.15, 0.2) is 47.1 Å². The molecular weight excluding hydrogens is 392 g/mol. The number of aliphatic hydroxyl groups excluding tert-OH is 2. The number of carbonyl (C=O) groups excluding carboxylic acids is 3. The van der Waals surface area contributed by atoms with E-state index in [1.165, 1.54) is 13.0 Å². The molecule has 0 aromatic rings. The van der Waals surface area contributed by atoms with Crippen molar-refractivity contribution in [2.45, 2.75) is 45.3 Å². The molecule has 0 unspecified atom stereocenters. The fourth-order valence-corrected chi connectivity index (χ4v) is 3.46. The van der Waals surface area contributed by atoms with Crippen molar-refractivity contribution < 1.29 is 38.8 Å². The SMILES string of the molecule is C=C1C(=O)O[C@@H]2/C=C(/CO)CC/C=C(/C)C[C@H](OC(=O)/C(=C\COC(C)=O)CO)[C@@H]12. The minimum Gasteiger partial charge on any atom is -0.462 e. The molecule has 0 radical (unpaired) electrons. The molecule has 0 saturated carbocycles. The van der Waals surface area contributed by atoms with Gasteiger partial charge in [0.1, 0.15) is 18.8 Å². The Hall–Kier alpha value is -2.71. The van der Waals surface area contributed by atoms with Gasteiger partial charge in [-0.05, 0) is 37.5 Å². The zero-order valence-electron chi connectivity index (χ0n) is 17.3. The second kappa shape index (κ2) is 10.9. The lowest BCUT2D eigenvalue weighted by atomic mass is 9.85. The van der Waals surface area contributed by atoms with Gasteiger partial charge in [-0.25, -0.2) is 9.59 Å². The minimum absolute atomic E-state index is 0.0611. The molecule has 2 rings (SSSR count). The van der Waals surface area contributed by atoms with Crippen molar-refractivity contribution in [2.24, 2.45) is 5.92 Å². The monoisotopic (exact) mass is 420 g/mol. The lowest BCUT2D eigenvalue weighted by Crippen LogP contribution is -2.34. The maximum Gasteiger partial charge on any atom is 0.336 e. The number of fused-ring (bicyclic) bond motifs is 1. The number of hydrogen-bond acceptors (Lipinski definition) is 8. The second-order valence-corrected chi connectivity index (χ2v) is 7.33. The van der Waals surface area contributed by atoms with E-state index in [0.717, 1.165) is 11.1 Å². The van der Waals surface area contributed by atoms with Crippen LogP contribution in [0, 0.1) is 5.92 Å². The molecule has 2 aliphatic rings. The molecule has 3 atom stereocenters. The lowest BCUT2D eigenvalue weighted by Gasteiger charge is -2.27. The van der Waals surface area contributed by atoms with E-state index in [9.17, 15) is 24.6 Å². The summed E-state index contributed by atoms with van der Waals surface area (Å²) in [6, 6.07) is 0. The quantitative estimate of drug-likeness (QED) is 0.287. The number of allylic oxidation sites excluding steroid dienone is 1. The molecule has 164 valence electrons. The van der Waals surface area contributed by atoms with Crippen molar-refractivity contribution in [1.82, 2.24) is 0 Å². The number of hydrogen-bond donors (Lipinski definition) is 2. The van der Waals surface area contributed by atoms with Gasteiger partial charge in [-0.3, -0.25) is 4.79 Å². The highest BCUT2D eigenvalue weighted by Gasteiger charge is 2.44. The molecule has 1 fully saturated rings. The van der Waals surface area contributed by atoms with Crippen molar-refractivity contribution in [1.29, 1.82) is 0 Å². The third kappa shape index (κ3) is 6.14. The molecular formula is C22H28O8. The number of rotatable bonds is 6. The van der Waals surface area contributed by atoms with Crippen LogP contribution in [0.3, 0.4) is 0 Å². The molecule has 1 aliphatic carbocycles. The Morgan fingerprint density at radius 3 is 2.73 bits per heavy atom. The summed E-state index contributed by atoms with van der Waals surface area (Å²) >= 11 is 0. The highest BCUT2D eigenvalue weighted by Crippen LogP contribution is 2.36. The standard InChI is InChI=1S/C22H28O8/c1-13-5-4-6-16(11-23)10-19-20(14(2)21(26)29-19)18(9-13)30-22(27)17(12-24)7-8-28-15(3)25/h5,7,10,18-20,23-24H,2,4,6,8-9,11-12H2,1,3H3/b13-5-,16-10+,17-7-/t18-,19+,20+/m0/s1. The lowest BCUT2D eigenvalue weighted by molar-refractivity contribution is -0.148. The van der Waals surface area contributed by atoms with Gasteiger partial charge in [-0.15, -0.1) is 0 Å².